The predicted octanol–water partition coefficient (Wildman–Crippen LogP) is 3.25. The van der Waals surface area contributed by atoms with E-state index in [2.05, 4.69) is 4.72 Å². The molecule has 0 bridgehead atoms. The van der Waals surface area contributed by atoms with Gasteiger partial charge in [0.2, 0.25) is 15.9 Å². The summed E-state index contributed by atoms with van der Waals surface area (Å²) in [6.07, 6.45) is 1.19. The van der Waals surface area contributed by atoms with E-state index in [0.29, 0.717) is 19.4 Å². The molecule has 1 aliphatic rings. The number of anilines is 1. The maximum absolute atomic E-state index is 12.7. The topological polar surface area (TPSA) is 75.7 Å². The Morgan fingerprint density at radius 3 is 2.54 bits per heavy atom. The Balaban J connectivity index is 1.69. The fourth-order valence-corrected chi connectivity index (χ4v) is 4.28. The number of carbonyl (C=O) groups is 1. The number of carbonyl (C=O) groups excluding carboxylic acids is 1. The van der Waals surface area contributed by atoms with Crippen molar-refractivity contribution in [1.29, 1.82) is 0 Å². The van der Waals surface area contributed by atoms with Crippen molar-refractivity contribution in [3.8, 4) is 5.75 Å². The largest absolute Gasteiger partial charge is 0.491 e. The molecule has 1 N–H and O–H groups in total. The molecule has 0 atom stereocenters. The molecular weight excluding hydrogens is 376 g/mol. The maximum Gasteiger partial charge on any atom is 0.240 e. The molecule has 6 nitrogen and oxygen atoms in total. The van der Waals surface area contributed by atoms with Crippen molar-refractivity contribution in [2.45, 2.75) is 51.2 Å². The van der Waals surface area contributed by atoms with Crippen LogP contribution in [0.4, 0.5) is 5.69 Å². The van der Waals surface area contributed by atoms with E-state index in [1.807, 2.05) is 45.0 Å². The average Bonchev–Trinajstić information content (AvgIpc) is 3.10. The van der Waals surface area contributed by atoms with Crippen LogP contribution in [0, 0.1) is 0 Å². The Morgan fingerprint density at radius 1 is 1.18 bits per heavy atom. The van der Waals surface area contributed by atoms with E-state index >= 15 is 0 Å². The van der Waals surface area contributed by atoms with Gasteiger partial charge in [-0.2, -0.15) is 0 Å². The molecule has 28 heavy (non-hydrogen) atoms. The van der Waals surface area contributed by atoms with E-state index in [-0.39, 0.29) is 23.5 Å². The number of rotatable bonds is 7. The Labute approximate surface area is 166 Å². The lowest BCUT2D eigenvalue weighted by molar-refractivity contribution is -0.118. The molecule has 2 aromatic carbocycles. The minimum Gasteiger partial charge on any atom is -0.491 e. The first kappa shape index (κ1) is 20.4. The van der Waals surface area contributed by atoms with Gasteiger partial charge in [0.05, 0.1) is 11.0 Å². The van der Waals surface area contributed by atoms with Crippen molar-refractivity contribution in [3.05, 3.63) is 53.6 Å². The van der Waals surface area contributed by atoms with Crippen molar-refractivity contribution in [3.63, 3.8) is 0 Å². The first-order valence-corrected chi connectivity index (χ1v) is 11.0. The fraction of sp³-hybridized carbons (Fsp3) is 0.381. The van der Waals surface area contributed by atoms with Crippen LogP contribution in [-0.4, -0.2) is 27.0 Å². The van der Waals surface area contributed by atoms with Crippen LogP contribution in [0.2, 0.25) is 0 Å². The first-order chi connectivity index (χ1) is 13.3. The molecule has 7 heteroatoms. The van der Waals surface area contributed by atoms with Crippen molar-refractivity contribution in [2.24, 2.45) is 0 Å². The SMILES string of the molecule is CCC(=O)N1CCc2cc(S(=O)(=O)NCc3ccc(OC(C)C)cc3)ccc21. The van der Waals surface area contributed by atoms with Gasteiger partial charge in [-0.1, -0.05) is 19.1 Å². The van der Waals surface area contributed by atoms with E-state index < -0.39 is 10.0 Å². The van der Waals surface area contributed by atoms with Crippen molar-refractivity contribution >= 4 is 21.6 Å². The molecule has 0 fully saturated rings. The molecule has 0 saturated carbocycles. The fourth-order valence-electron chi connectivity index (χ4n) is 3.21. The Bertz CT molecular complexity index is 953. The standard InChI is InChI=1S/C21H26N2O4S/c1-4-21(24)23-12-11-17-13-19(9-10-20(17)23)28(25,26)22-14-16-5-7-18(8-6-16)27-15(2)3/h5-10,13,15,22H,4,11-12,14H2,1-3H3. The van der Waals surface area contributed by atoms with E-state index in [4.69, 9.17) is 4.74 Å². The lowest BCUT2D eigenvalue weighted by atomic mass is 10.2. The lowest BCUT2D eigenvalue weighted by Crippen LogP contribution is -2.27. The highest BCUT2D eigenvalue weighted by Gasteiger charge is 2.25. The van der Waals surface area contributed by atoms with Crippen molar-refractivity contribution in [1.82, 2.24) is 4.72 Å². The zero-order valence-electron chi connectivity index (χ0n) is 16.4. The summed E-state index contributed by atoms with van der Waals surface area (Å²) >= 11 is 0. The van der Waals surface area contributed by atoms with Crippen LogP contribution >= 0.6 is 0 Å². The van der Waals surface area contributed by atoms with Gasteiger partial charge in [0.1, 0.15) is 5.75 Å². The molecule has 0 unspecified atom stereocenters. The van der Waals surface area contributed by atoms with Gasteiger partial charge in [-0.15, -0.1) is 0 Å². The number of fused-ring (bicyclic) bond motifs is 1. The number of hydrogen-bond acceptors (Lipinski definition) is 4. The number of nitrogens with one attached hydrogen (secondary N) is 1. The third kappa shape index (κ3) is 4.54. The second-order valence-corrected chi connectivity index (χ2v) is 8.84. The van der Waals surface area contributed by atoms with E-state index in [0.717, 1.165) is 22.6 Å². The molecule has 0 spiro atoms. The summed E-state index contributed by atoms with van der Waals surface area (Å²) in [6.45, 7) is 6.53. The minimum atomic E-state index is -3.64. The zero-order chi connectivity index (χ0) is 20.3. The van der Waals surface area contributed by atoms with Crippen LogP contribution in [0.25, 0.3) is 0 Å². The van der Waals surface area contributed by atoms with Crippen LogP contribution in [0.3, 0.4) is 0 Å². The van der Waals surface area contributed by atoms with E-state index in [9.17, 15) is 13.2 Å². The van der Waals surface area contributed by atoms with Crippen LogP contribution in [0.1, 0.15) is 38.3 Å². The van der Waals surface area contributed by atoms with Crippen LogP contribution < -0.4 is 14.4 Å². The zero-order valence-corrected chi connectivity index (χ0v) is 17.3. The molecule has 0 aliphatic carbocycles. The minimum absolute atomic E-state index is 0.0531. The number of benzene rings is 2. The number of sulfonamides is 1. The summed E-state index contributed by atoms with van der Waals surface area (Å²) in [4.78, 5) is 13.9. The number of amides is 1. The molecular formula is C21H26N2O4S. The molecule has 150 valence electrons. The van der Waals surface area contributed by atoms with Gasteiger partial charge in [0.25, 0.3) is 0 Å². The lowest BCUT2D eigenvalue weighted by Gasteiger charge is -2.16. The third-order valence-electron chi connectivity index (χ3n) is 4.62. The highest BCUT2D eigenvalue weighted by molar-refractivity contribution is 7.89. The highest BCUT2D eigenvalue weighted by atomic mass is 32.2. The van der Waals surface area contributed by atoms with Gasteiger partial charge in [-0.3, -0.25) is 4.79 Å². The molecule has 1 heterocycles. The molecule has 1 amide bonds. The maximum atomic E-state index is 12.7. The second-order valence-electron chi connectivity index (χ2n) is 7.07. The number of ether oxygens (including phenoxy) is 1. The summed E-state index contributed by atoms with van der Waals surface area (Å²) < 4.78 is 33.6. The van der Waals surface area contributed by atoms with Gasteiger partial charge in [0, 0.05) is 25.2 Å². The van der Waals surface area contributed by atoms with Crippen molar-refractivity contribution in [2.75, 3.05) is 11.4 Å². The molecule has 0 radical (unpaired) electrons. The quantitative estimate of drug-likeness (QED) is 0.771. The molecule has 0 saturated heterocycles. The normalized spacial score (nSPS) is 13.6. The third-order valence-corrected chi connectivity index (χ3v) is 6.02. The predicted molar refractivity (Wildman–Crippen MR) is 109 cm³/mol. The Hall–Kier alpha value is -2.38. The number of hydrogen-bond donors (Lipinski definition) is 1. The van der Waals surface area contributed by atoms with Crippen LogP contribution in [0.15, 0.2) is 47.4 Å². The van der Waals surface area contributed by atoms with E-state index in [1.165, 1.54) is 0 Å². The Morgan fingerprint density at radius 2 is 1.89 bits per heavy atom. The van der Waals surface area contributed by atoms with Gasteiger partial charge in [-0.05, 0) is 61.7 Å². The second kappa shape index (κ2) is 8.32. The van der Waals surface area contributed by atoms with Gasteiger partial charge < -0.3 is 9.64 Å². The molecule has 0 aromatic heterocycles. The van der Waals surface area contributed by atoms with Crippen molar-refractivity contribution < 1.29 is 17.9 Å². The summed E-state index contributed by atoms with van der Waals surface area (Å²) in [5.41, 5.74) is 2.55. The average molecular weight is 403 g/mol. The summed E-state index contributed by atoms with van der Waals surface area (Å²) in [6, 6.07) is 12.3. The molecule has 1 aliphatic heterocycles. The van der Waals surface area contributed by atoms with Gasteiger partial charge in [-0.25, -0.2) is 13.1 Å². The van der Waals surface area contributed by atoms with Crippen LogP contribution in [0.5, 0.6) is 5.75 Å². The van der Waals surface area contributed by atoms with Gasteiger partial charge in [0.15, 0.2) is 0 Å². The monoisotopic (exact) mass is 402 g/mol. The Kier molecular flexibility index (Phi) is 6.05. The summed E-state index contributed by atoms with van der Waals surface area (Å²) in [5.74, 6) is 0.809. The highest BCUT2D eigenvalue weighted by Crippen LogP contribution is 2.30. The first-order valence-electron chi connectivity index (χ1n) is 9.48. The molecule has 3 rings (SSSR count). The smallest absolute Gasteiger partial charge is 0.240 e. The van der Waals surface area contributed by atoms with E-state index in [1.54, 1.807) is 23.1 Å². The summed E-state index contributed by atoms with van der Waals surface area (Å²) in [5, 5.41) is 0. The molecule has 2 aromatic rings. The van der Waals surface area contributed by atoms with Gasteiger partial charge >= 0.3 is 0 Å². The van der Waals surface area contributed by atoms with Crippen LogP contribution in [-0.2, 0) is 27.8 Å². The summed E-state index contributed by atoms with van der Waals surface area (Å²) in [7, 11) is -3.64. The number of nitrogens with zero attached hydrogens (tertiary/aromatic N) is 1.